The number of para-hydroxylation sites is 3. The second kappa shape index (κ2) is 12.6. The van der Waals surface area contributed by atoms with Gasteiger partial charge in [0.15, 0.2) is 17.5 Å². The van der Waals surface area contributed by atoms with Gasteiger partial charge in [0.25, 0.3) is 0 Å². The summed E-state index contributed by atoms with van der Waals surface area (Å²) >= 11 is 1.84. The normalized spacial score (nSPS) is 11.9. The highest BCUT2D eigenvalue weighted by Crippen LogP contribution is 2.43. The van der Waals surface area contributed by atoms with E-state index in [1.807, 2.05) is 84.1 Å². The largest absolute Gasteiger partial charge is 0.455 e. The third-order valence-corrected chi connectivity index (χ3v) is 12.2. The Morgan fingerprint density at radius 3 is 1.74 bits per heavy atom. The highest BCUT2D eigenvalue weighted by atomic mass is 32.1. The summed E-state index contributed by atoms with van der Waals surface area (Å²) in [5.74, 6) is 1.86. The van der Waals surface area contributed by atoms with Gasteiger partial charge in [-0.1, -0.05) is 140 Å². The van der Waals surface area contributed by atoms with Crippen molar-refractivity contribution in [1.29, 1.82) is 0 Å². The summed E-state index contributed by atoms with van der Waals surface area (Å²) in [4.78, 5) is 15.0. The summed E-state index contributed by atoms with van der Waals surface area (Å²) in [5.41, 5.74) is 10.2. The SMILES string of the molecule is c1ccc(-c2nc(-c3ccccc3)nc(-c3cccc4oc5c(-c6ccc7sc8cc(-n9c%10ccccc%10c%10ccccc%109)ccc8c7c6)cccc5c34)n2)cc1. The number of fused-ring (bicyclic) bond motifs is 9. The van der Waals surface area contributed by atoms with Crippen molar-refractivity contribution in [2.75, 3.05) is 0 Å². The minimum Gasteiger partial charge on any atom is -0.455 e. The number of aromatic nitrogens is 4. The Morgan fingerprint density at radius 2 is 1.02 bits per heavy atom. The maximum Gasteiger partial charge on any atom is 0.164 e. The number of rotatable bonds is 5. The molecule has 12 aromatic rings. The molecule has 5 nitrogen and oxygen atoms in total. The van der Waals surface area contributed by atoms with Crippen LogP contribution in [0.3, 0.4) is 0 Å². The zero-order valence-corrected chi connectivity index (χ0v) is 31.2. The number of nitrogens with zero attached hydrogens (tertiary/aromatic N) is 4. The van der Waals surface area contributed by atoms with Crippen LogP contribution in [0.2, 0.25) is 0 Å². The van der Waals surface area contributed by atoms with E-state index in [9.17, 15) is 0 Å². The maximum absolute atomic E-state index is 6.77. The van der Waals surface area contributed by atoms with Crippen LogP contribution in [0, 0.1) is 0 Å². The van der Waals surface area contributed by atoms with Gasteiger partial charge in [-0.15, -0.1) is 11.3 Å². The van der Waals surface area contributed by atoms with Crippen LogP contribution in [-0.4, -0.2) is 19.5 Å². The molecule has 0 saturated carbocycles. The monoisotopic (exact) mass is 746 g/mol. The van der Waals surface area contributed by atoms with Gasteiger partial charge < -0.3 is 8.98 Å². The lowest BCUT2D eigenvalue weighted by Gasteiger charge is -2.09. The zero-order valence-electron chi connectivity index (χ0n) is 30.4. The molecule has 0 spiro atoms. The highest BCUT2D eigenvalue weighted by Gasteiger charge is 2.20. The lowest BCUT2D eigenvalue weighted by Crippen LogP contribution is -2.00. The first-order valence-electron chi connectivity index (χ1n) is 19.0. The van der Waals surface area contributed by atoms with Gasteiger partial charge >= 0.3 is 0 Å². The van der Waals surface area contributed by atoms with Gasteiger partial charge in [-0.3, -0.25) is 0 Å². The number of furan rings is 1. The molecule has 6 heteroatoms. The minimum atomic E-state index is 0.604. The molecule has 0 aliphatic heterocycles. The Kier molecular flexibility index (Phi) is 7.03. The van der Waals surface area contributed by atoms with E-state index in [1.54, 1.807) is 0 Å². The second-order valence-corrected chi connectivity index (χ2v) is 15.4. The number of benzene rings is 8. The molecular weight excluding hydrogens is 717 g/mol. The zero-order chi connectivity index (χ0) is 37.5. The Balaban J connectivity index is 0.999. The number of thiophene rings is 1. The fourth-order valence-corrected chi connectivity index (χ4v) is 9.58. The molecular formula is C51H30N4OS. The van der Waals surface area contributed by atoms with E-state index in [1.165, 1.54) is 47.7 Å². The molecule has 57 heavy (non-hydrogen) atoms. The van der Waals surface area contributed by atoms with Crippen LogP contribution in [0.15, 0.2) is 186 Å². The average molecular weight is 747 g/mol. The Labute approximate surface area is 330 Å². The molecule has 0 unspecified atom stereocenters. The molecule has 4 heterocycles. The summed E-state index contributed by atoms with van der Waals surface area (Å²) < 4.78 is 11.7. The predicted molar refractivity (Wildman–Crippen MR) is 236 cm³/mol. The highest BCUT2D eigenvalue weighted by molar-refractivity contribution is 7.25. The minimum absolute atomic E-state index is 0.604. The van der Waals surface area contributed by atoms with Gasteiger partial charge in [-0.2, -0.15) is 0 Å². The quantitative estimate of drug-likeness (QED) is 0.176. The number of hydrogen-bond acceptors (Lipinski definition) is 5. The van der Waals surface area contributed by atoms with Gasteiger partial charge in [-0.05, 0) is 48.0 Å². The van der Waals surface area contributed by atoms with Gasteiger partial charge in [-0.25, -0.2) is 15.0 Å². The Hall–Kier alpha value is -7.41. The lowest BCUT2D eigenvalue weighted by molar-refractivity contribution is 0.670. The first-order valence-corrected chi connectivity index (χ1v) is 19.8. The first kappa shape index (κ1) is 31.9. The molecule has 0 fully saturated rings. The van der Waals surface area contributed by atoms with E-state index in [0.717, 1.165) is 49.8 Å². The summed E-state index contributed by atoms with van der Waals surface area (Å²) in [7, 11) is 0. The molecule has 12 rings (SSSR count). The summed E-state index contributed by atoms with van der Waals surface area (Å²) in [6.45, 7) is 0. The molecule has 0 radical (unpaired) electrons. The molecule has 0 amide bonds. The smallest absolute Gasteiger partial charge is 0.164 e. The summed E-state index contributed by atoms with van der Waals surface area (Å²) in [6.07, 6.45) is 0. The fourth-order valence-electron chi connectivity index (χ4n) is 8.46. The lowest BCUT2D eigenvalue weighted by atomic mass is 9.99. The fraction of sp³-hybridized carbons (Fsp3) is 0. The molecule has 0 atom stereocenters. The van der Waals surface area contributed by atoms with Gasteiger partial charge in [0.2, 0.25) is 0 Å². The molecule has 0 aliphatic carbocycles. The van der Waals surface area contributed by atoms with Crippen LogP contribution in [0.5, 0.6) is 0 Å². The number of hydrogen-bond donors (Lipinski definition) is 0. The predicted octanol–water partition coefficient (Wildman–Crippen LogP) is 13.9. The van der Waals surface area contributed by atoms with E-state index in [2.05, 4.69) is 114 Å². The van der Waals surface area contributed by atoms with Crippen molar-refractivity contribution >= 4 is 75.3 Å². The summed E-state index contributed by atoms with van der Waals surface area (Å²) in [5, 5.41) is 7.03. The molecule has 0 saturated heterocycles. The van der Waals surface area contributed by atoms with Crippen LogP contribution < -0.4 is 0 Å². The topological polar surface area (TPSA) is 56.7 Å². The average Bonchev–Trinajstić information content (AvgIpc) is 3.96. The molecule has 0 bridgehead atoms. The van der Waals surface area contributed by atoms with Gasteiger partial charge in [0.05, 0.1) is 11.0 Å². The Bertz CT molecular complexity index is 3420. The third-order valence-electron chi connectivity index (χ3n) is 11.1. The van der Waals surface area contributed by atoms with Crippen LogP contribution >= 0.6 is 11.3 Å². The molecule has 266 valence electrons. The standard InChI is InChI=1S/C51H30N4OS/c1-3-13-31(14-4-1)49-52-50(32-15-5-2-6-16-32)54-51(53-49)40-21-12-24-44-47(40)39-20-11-19-35(48(39)56-44)33-25-28-45-41(29-33)38-27-26-34(30-46(38)57-45)55-42-22-9-7-17-36(42)37-18-8-10-23-43(37)55/h1-30H. The van der Waals surface area contributed by atoms with E-state index >= 15 is 0 Å². The molecule has 8 aromatic carbocycles. The van der Waals surface area contributed by atoms with Crippen molar-refractivity contribution in [3.8, 4) is 51.0 Å². The van der Waals surface area contributed by atoms with Crippen molar-refractivity contribution in [2.24, 2.45) is 0 Å². The molecule has 4 aromatic heterocycles. The van der Waals surface area contributed by atoms with Crippen LogP contribution in [0.25, 0.3) is 115 Å². The second-order valence-electron chi connectivity index (χ2n) is 14.4. The molecule has 0 N–H and O–H groups in total. The van der Waals surface area contributed by atoms with Crippen molar-refractivity contribution in [2.45, 2.75) is 0 Å². The van der Waals surface area contributed by atoms with Crippen molar-refractivity contribution in [3.63, 3.8) is 0 Å². The third kappa shape index (κ3) is 5.04. The van der Waals surface area contributed by atoms with Crippen LogP contribution in [0.4, 0.5) is 0 Å². The van der Waals surface area contributed by atoms with E-state index < -0.39 is 0 Å². The first-order chi connectivity index (χ1) is 28.2. The molecule has 0 aliphatic rings. The van der Waals surface area contributed by atoms with Crippen molar-refractivity contribution in [3.05, 3.63) is 182 Å². The van der Waals surface area contributed by atoms with Crippen LogP contribution in [0.1, 0.15) is 0 Å². The van der Waals surface area contributed by atoms with Gasteiger partial charge in [0.1, 0.15) is 11.2 Å². The van der Waals surface area contributed by atoms with E-state index in [0.29, 0.717) is 17.5 Å². The van der Waals surface area contributed by atoms with Gasteiger partial charge in [0, 0.05) is 69.7 Å². The summed E-state index contributed by atoms with van der Waals surface area (Å²) in [6, 6.07) is 63.7. The van der Waals surface area contributed by atoms with Crippen LogP contribution in [-0.2, 0) is 0 Å². The van der Waals surface area contributed by atoms with E-state index in [-0.39, 0.29) is 0 Å². The van der Waals surface area contributed by atoms with Crippen molar-refractivity contribution in [1.82, 2.24) is 19.5 Å². The maximum atomic E-state index is 6.77. The van der Waals surface area contributed by atoms with E-state index in [4.69, 9.17) is 19.4 Å². The Morgan fingerprint density at radius 1 is 0.404 bits per heavy atom. The van der Waals surface area contributed by atoms with Crippen molar-refractivity contribution < 1.29 is 4.42 Å².